The first-order valence-electron chi connectivity index (χ1n) is 7.55. The molecule has 0 aliphatic heterocycles. The molecule has 1 aromatic carbocycles. The molecule has 0 fully saturated rings. The number of aliphatic hydroxyl groups excluding tert-OH is 1. The molecule has 0 saturated carbocycles. The Balaban J connectivity index is 2.38. The van der Waals surface area contributed by atoms with Crippen molar-refractivity contribution >= 4 is 12.0 Å². The minimum absolute atomic E-state index is 0.00750. The number of benzene rings is 1. The molecule has 0 radical (unpaired) electrons. The highest BCUT2D eigenvalue weighted by Gasteiger charge is 2.25. The summed E-state index contributed by atoms with van der Waals surface area (Å²) in [5, 5.41) is 12.1. The summed E-state index contributed by atoms with van der Waals surface area (Å²) in [4.78, 5) is 12.0. The number of hydrogen-bond donors (Lipinski definition) is 2. The number of aliphatic hydroxyl groups is 1. The monoisotopic (exact) mass is 289 g/mol. The number of carbonyl (C=O) groups excluding carboxylic acids is 1. The van der Waals surface area contributed by atoms with E-state index in [9.17, 15) is 4.79 Å². The van der Waals surface area contributed by atoms with Gasteiger partial charge < -0.3 is 10.4 Å². The number of amides is 1. The summed E-state index contributed by atoms with van der Waals surface area (Å²) in [5.74, 6) is 0.0427. The molecule has 1 amide bonds. The normalized spacial score (nSPS) is 13.3. The largest absolute Gasteiger partial charge is 0.396 e. The molecule has 0 aromatic heterocycles. The third kappa shape index (κ3) is 7.09. The van der Waals surface area contributed by atoms with Crippen molar-refractivity contribution in [2.75, 3.05) is 6.61 Å². The number of carbonyl (C=O) groups is 1. The van der Waals surface area contributed by atoms with Crippen molar-refractivity contribution < 1.29 is 9.90 Å². The van der Waals surface area contributed by atoms with Crippen LogP contribution in [0.4, 0.5) is 0 Å². The van der Waals surface area contributed by atoms with Crippen LogP contribution in [-0.2, 0) is 4.79 Å². The minimum atomic E-state index is -0.0434. The third-order valence-corrected chi connectivity index (χ3v) is 3.45. The highest BCUT2D eigenvalue weighted by molar-refractivity contribution is 5.76. The van der Waals surface area contributed by atoms with Crippen molar-refractivity contribution in [3.8, 4) is 0 Å². The molecular weight excluding hydrogens is 262 g/mol. The zero-order chi connectivity index (χ0) is 15.7. The van der Waals surface area contributed by atoms with Crippen LogP contribution in [0.5, 0.6) is 0 Å². The second-order valence-electron chi connectivity index (χ2n) is 6.35. The van der Waals surface area contributed by atoms with Crippen molar-refractivity contribution in [3.05, 3.63) is 42.0 Å². The lowest BCUT2D eigenvalue weighted by atomic mass is 9.85. The predicted octanol–water partition coefficient (Wildman–Crippen LogP) is 3.39. The van der Waals surface area contributed by atoms with E-state index in [0.717, 1.165) is 12.0 Å². The van der Waals surface area contributed by atoms with Gasteiger partial charge >= 0.3 is 0 Å². The maximum atomic E-state index is 12.0. The Kier molecular flexibility index (Phi) is 7.17. The fourth-order valence-corrected chi connectivity index (χ4v) is 2.12. The van der Waals surface area contributed by atoms with E-state index >= 15 is 0 Å². The molecular formula is C18H27NO2. The van der Waals surface area contributed by atoms with E-state index in [1.54, 1.807) is 0 Å². The van der Waals surface area contributed by atoms with E-state index in [0.29, 0.717) is 12.8 Å². The van der Waals surface area contributed by atoms with Gasteiger partial charge in [0, 0.05) is 19.1 Å². The van der Waals surface area contributed by atoms with Gasteiger partial charge in [-0.15, -0.1) is 0 Å². The molecule has 116 valence electrons. The molecule has 1 rings (SSSR count). The number of rotatable bonds is 7. The van der Waals surface area contributed by atoms with Crippen LogP contribution in [0.2, 0.25) is 0 Å². The molecule has 3 nitrogen and oxygen atoms in total. The summed E-state index contributed by atoms with van der Waals surface area (Å²) in [7, 11) is 0. The third-order valence-electron chi connectivity index (χ3n) is 3.45. The van der Waals surface area contributed by atoms with Crippen molar-refractivity contribution in [1.29, 1.82) is 0 Å². The second-order valence-corrected chi connectivity index (χ2v) is 6.35. The van der Waals surface area contributed by atoms with Crippen molar-refractivity contribution in [2.45, 2.75) is 46.1 Å². The molecule has 1 aromatic rings. The molecule has 0 aliphatic carbocycles. The highest BCUT2D eigenvalue weighted by atomic mass is 16.3. The maximum Gasteiger partial charge on any atom is 0.220 e. The van der Waals surface area contributed by atoms with Crippen LogP contribution in [0.3, 0.4) is 0 Å². The summed E-state index contributed by atoms with van der Waals surface area (Å²) in [6, 6.07) is 10.1. The van der Waals surface area contributed by atoms with Crippen LogP contribution in [0.25, 0.3) is 6.08 Å². The van der Waals surface area contributed by atoms with Crippen molar-refractivity contribution in [3.63, 3.8) is 0 Å². The standard InChI is InChI=1S/C18H27NO2/c1-18(2,3)16(13-14-20)19-17(21)12-8-7-11-15-9-5-4-6-10-15/h4-7,9-11,16,20H,8,12-14H2,1-3H3,(H,19,21)/b11-7+. The van der Waals surface area contributed by atoms with E-state index in [1.807, 2.05) is 42.5 Å². The van der Waals surface area contributed by atoms with Gasteiger partial charge in [0.05, 0.1) is 0 Å². The van der Waals surface area contributed by atoms with Crippen LogP contribution in [0.1, 0.15) is 45.6 Å². The van der Waals surface area contributed by atoms with Crippen LogP contribution < -0.4 is 5.32 Å². The molecule has 0 aliphatic rings. The van der Waals surface area contributed by atoms with Crippen LogP contribution >= 0.6 is 0 Å². The Hall–Kier alpha value is -1.61. The van der Waals surface area contributed by atoms with E-state index in [1.165, 1.54) is 0 Å². The van der Waals surface area contributed by atoms with Gasteiger partial charge in [0.25, 0.3) is 0 Å². The maximum absolute atomic E-state index is 12.0. The van der Waals surface area contributed by atoms with E-state index in [2.05, 4.69) is 26.1 Å². The van der Waals surface area contributed by atoms with Crippen molar-refractivity contribution in [2.24, 2.45) is 5.41 Å². The summed E-state index contributed by atoms with van der Waals surface area (Å²) >= 11 is 0. The Morgan fingerprint density at radius 3 is 2.52 bits per heavy atom. The van der Waals surface area contributed by atoms with Gasteiger partial charge in [-0.3, -0.25) is 4.79 Å². The van der Waals surface area contributed by atoms with Gasteiger partial charge in [-0.05, 0) is 23.8 Å². The van der Waals surface area contributed by atoms with E-state index < -0.39 is 0 Å². The molecule has 2 N–H and O–H groups in total. The second kappa shape index (κ2) is 8.63. The number of nitrogens with one attached hydrogen (secondary N) is 1. The first-order chi connectivity index (χ1) is 9.93. The molecule has 0 bridgehead atoms. The lowest BCUT2D eigenvalue weighted by molar-refractivity contribution is -0.122. The molecule has 0 saturated heterocycles. The fourth-order valence-electron chi connectivity index (χ4n) is 2.12. The molecule has 0 spiro atoms. The van der Waals surface area contributed by atoms with Gasteiger partial charge in [0.15, 0.2) is 0 Å². The van der Waals surface area contributed by atoms with Gasteiger partial charge in [0.1, 0.15) is 0 Å². The van der Waals surface area contributed by atoms with Gasteiger partial charge in [0.2, 0.25) is 5.91 Å². The lowest BCUT2D eigenvalue weighted by Crippen LogP contribution is -2.44. The van der Waals surface area contributed by atoms with E-state index in [-0.39, 0.29) is 24.0 Å². The predicted molar refractivity (Wildman–Crippen MR) is 87.8 cm³/mol. The lowest BCUT2D eigenvalue weighted by Gasteiger charge is -2.31. The first kappa shape index (κ1) is 17.4. The fraction of sp³-hybridized carbons (Fsp3) is 0.500. The van der Waals surface area contributed by atoms with Crippen LogP contribution in [0, 0.1) is 5.41 Å². The Morgan fingerprint density at radius 1 is 1.29 bits per heavy atom. The van der Waals surface area contributed by atoms with Gasteiger partial charge in [-0.1, -0.05) is 63.3 Å². The van der Waals surface area contributed by atoms with Gasteiger partial charge in [-0.25, -0.2) is 0 Å². The SMILES string of the molecule is CC(C)(C)C(CCO)NC(=O)CC/C=C/c1ccccc1. The topological polar surface area (TPSA) is 49.3 Å². The first-order valence-corrected chi connectivity index (χ1v) is 7.55. The Morgan fingerprint density at radius 2 is 1.95 bits per heavy atom. The van der Waals surface area contributed by atoms with Gasteiger partial charge in [-0.2, -0.15) is 0 Å². The number of allylic oxidation sites excluding steroid dienone is 1. The molecule has 21 heavy (non-hydrogen) atoms. The number of hydrogen-bond acceptors (Lipinski definition) is 2. The highest BCUT2D eigenvalue weighted by Crippen LogP contribution is 2.21. The Bertz CT molecular complexity index is 446. The van der Waals surface area contributed by atoms with Crippen LogP contribution in [-0.4, -0.2) is 23.7 Å². The average Bonchev–Trinajstić information content (AvgIpc) is 2.43. The zero-order valence-corrected chi connectivity index (χ0v) is 13.3. The summed E-state index contributed by atoms with van der Waals surface area (Å²) in [5.41, 5.74) is 1.10. The zero-order valence-electron chi connectivity index (χ0n) is 13.3. The quantitative estimate of drug-likeness (QED) is 0.808. The molecule has 3 heteroatoms. The Labute approximate surface area is 128 Å². The average molecular weight is 289 g/mol. The summed E-state index contributed by atoms with van der Waals surface area (Å²) < 4.78 is 0. The summed E-state index contributed by atoms with van der Waals surface area (Å²) in [6.45, 7) is 6.31. The van der Waals surface area contributed by atoms with Crippen molar-refractivity contribution in [1.82, 2.24) is 5.32 Å². The summed E-state index contributed by atoms with van der Waals surface area (Å²) in [6.07, 6.45) is 5.84. The van der Waals surface area contributed by atoms with E-state index in [4.69, 9.17) is 5.11 Å². The molecule has 0 heterocycles. The molecule has 1 unspecified atom stereocenters. The van der Waals surface area contributed by atoms with Crippen LogP contribution in [0.15, 0.2) is 36.4 Å². The molecule has 1 atom stereocenters. The smallest absolute Gasteiger partial charge is 0.220 e. The minimum Gasteiger partial charge on any atom is -0.396 e.